The molecule has 0 aliphatic carbocycles. The molecular weight excluding hydrogens is 346 g/mol. The molecule has 3 aromatic carbocycles. The fourth-order valence-corrected chi connectivity index (χ4v) is 3.76. The maximum atomic E-state index is 12.6. The molecule has 4 nitrogen and oxygen atoms in total. The molecule has 1 N–H and O–H groups in total. The van der Waals surface area contributed by atoms with Crippen LogP contribution in [0.1, 0.15) is 11.1 Å². The van der Waals surface area contributed by atoms with Crippen molar-refractivity contribution in [3.05, 3.63) is 77.9 Å². The van der Waals surface area contributed by atoms with Crippen molar-refractivity contribution in [3.63, 3.8) is 0 Å². The number of benzene rings is 3. The molecule has 0 fully saturated rings. The molecule has 0 aliphatic rings. The third-order valence-corrected chi connectivity index (χ3v) is 5.48. The van der Waals surface area contributed by atoms with Gasteiger partial charge in [0.25, 0.3) is 10.0 Å². The minimum atomic E-state index is -3.63. The zero-order chi connectivity index (χ0) is 18.7. The smallest absolute Gasteiger partial charge is 0.261 e. The Morgan fingerprint density at radius 1 is 0.769 bits per heavy atom. The highest BCUT2D eigenvalue weighted by atomic mass is 32.2. The second kappa shape index (κ2) is 7.22. The molecule has 0 aromatic heterocycles. The quantitative estimate of drug-likeness (QED) is 0.706. The van der Waals surface area contributed by atoms with Crippen LogP contribution in [0.25, 0.3) is 11.1 Å². The first kappa shape index (κ1) is 18.0. The molecule has 0 amide bonds. The summed E-state index contributed by atoms with van der Waals surface area (Å²) in [7, 11) is -2.00. The van der Waals surface area contributed by atoms with Gasteiger partial charge < -0.3 is 4.74 Å². The highest BCUT2D eigenvalue weighted by molar-refractivity contribution is 7.92. The van der Waals surface area contributed by atoms with E-state index < -0.39 is 10.0 Å². The molecule has 0 aliphatic heterocycles. The third kappa shape index (κ3) is 4.06. The largest absolute Gasteiger partial charge is 0.497 e. The van der Waals surface area contributed by atoms with Crippen LogP contribution >= 0.6 is 0 Å². The van der Waals surface area contributed by atoms with E-state index in [1.54, 1.807) is 31.4 Å². The van der Waals surface area contributed by atoms with Crippen LogP contribution in [0, 0.1) is 13.8 Å². The maximum absolute atomic E-state index is 12.6. The number of rotatable bonds is 5. The van der Waals surface area contributed by atoms with E-state index in [4.69, 9.17) is 4.74 Å². The van der Waals surface area contributed by atoms with Crippen LogP contribution in [0.2, 0.25) is 0 Å². The van der Waals surface area contributed by atoms with Crippen molar-refractivity contribution in [2.45, 2.75) is 18.7 Å². The van der Waals surface area contributed by atoms with Gasteiger partial charge in [-0.3, -0.25) is 4.72 Å². The maximum Gasteiger partial charge on any atom is 0.261 e. The lowest BCUT2D eigenvalue weighted by Crippen LogP contribution is -2.13. The fourth-order valence-electron chi connectivity index (χ4n) is 2.72. The SMILES string of the molecule is COc1ccc(-c2cc(C)cc(NS(=O)(=O)c3ccc(C)cc3)c2)cc1. The van der Waals surface area contributed by atoms with Crippen LogP contribution in [-0.4, -0.2) is 15.5 Å². The first-order valence-corrected chi connectivity index (χ1v) is 9.71. The fraction of sp³-hybridized carbons (Fsp3) is 0.143. The number of hydrogen-bond acceptors (Lipinski definition) is 3. The normalized spacial score (nSPS) is 11.2. The summed E-state index contributed by atoms with van der Waals surface area (Å²) >= 11 is 0. The average molecular weight is 367 g/mol. The molecule has 0 saturated heterocycles. The first-order valence-electron chi connectivity index (χ1n) is 8.23. The summed E-state index contributed by atoms with van der Waals surface area (Å²) in [5, 5.41) is 0. The molecule has 0 bridgehead atoms. The van der Waals surface area contributed by atoms with Gasteiger partial charge in [-0.15, -0.1) is 0 Å². The minimum absolute atomic E-state index is 0.246. The Hall–Kier alpha value is -2.79. The number of aryl methyl sites for hydroxylation is 2. The lowest BCUT2D eigenvalue weighted by atomic mass is 10.0. The Morgan fingerprint density at radius 2 is 1.42 bits per heavy atom. The van der Waals surface area contributed by atoms with E-state index in [0.717, 1.165) is 28.0 Å². The Kier molecular flexibility index (Phi) is 5.00. The average Bonchev–Trinajstić information content (AvgIpc) is 2.61. The summed E-state index contributed by atoms with van der Waals surface area (Å²) in [6, 6.07) is 20.1. The van der Waals surface area contributed by atoms with Crippen LogP contribution in [-0.2, 0) is 10.0 Å². The number of sulfonamides is 1. The Bertz CT molecular complexity index is 1010. The summed E-state index contributed by atoms with van der Waals surface area (Å²) in [4.78, 5) is 0.246. The lowest BCUT2D eigenvalue weighted by Gasteiger charge is -2.12. The monoisotopic (exact) mass is 367 g/mol. The van der Waals surface area contributed by atoms with Crippen molar-refractivity contribution < 1.29 is 13.2 Å². The highest BCUT2D eigenvalue weighted by Crippen LogP contribution is 2.27. The Balaban J connectivity index is 1.93. The van der Waals surface area contributed by atoms with Crippen LogP contribution in [0.5, 0.6) is 5.75 Å². The van der Waals surface area contributed by atoms with Crippen molar-refractivity contribution in [3.8, 4) is 16.9 Å². The minimum Gasteiger partial charge on any atom is -0.497 e. The molecule has 3 aromatic rings. The molecule has 0 spiro atoms. The lowest BCUT2D eigenvalue weighted by molar-refractivity contribution is 0.415. The molecule has 0 saturated carbocycles. The topological polar surface area (TPSA) is 55.4 Å². The Morgan fingerprint density at radius 3 is 2.04 bits per heavy atom. The van der Waals surface area contributed by atoms with E-state index in [0.29, 0.717) is 5.69 Å². The Labute approximate surface area is 154 Å². The van der Waals surface area contributed by atoms with E-state index >= 15 is 0 Å². The van der Waals surface area contributed by atoms with Crippen LogP contribution in [0.15, 0.2) is 71.6 Å². The van der Waals surface area contributed by atoms with Crippen molar-refractivity contribution in [2.24, 2.45) is 0 Å². The summed E-state index contributed by atoms with van der Waals surface area (Å²) in [6.45, 7) is 3.86. The van der Waals surface area contributed by atoms with Gasteiger partial charge in [-0.2, -0.15) is 0 Å². The third-order valence-electron chi connectivity index (χ3n) is 4.08. The van der Waals surface area contributed by atoms with Crippen molar-refractivity contribution in [1.29, 1.82) is 0 Å². The van der Waals surface area contributed by atoms with Gasteiger partial charge in [0.1, 0.15) is 5.75 Å². The predicted molar refractivity (Wildman–Crippen MR) is 105 cm³/mol. The van der Waals surface area contributed by atoms with E-state index in [-0.39, 0.29) is 4.90 Å². The van der Waals surface area contributed by atoms with E-state index in [1.165, 1.54) is 0 Å². The number of anilines is 1. The van der Waals surface area contributed by atoms with Crippen LogP contribution in [0.4, 0.5) is 5.69 Å². The van der Waals surface area contributed by atoms with Gasteiger partial charge >= 0.3 is 0 Å². The molecule has 3 rings (SSSR count). The standard InChI is InChI=1S/C21H21NO3S/c1-15-4-10-21(11-5-15)26(23,24)22-19-13-16(2)12-18(14-19)17-6-8-20(25-3)9-7-17/h4-14,22H,1-3H3. The summed E-state index contributed by atoms with van der Waals surface area (Å²) < 4.78 is 33.1. The number of methoxy groups -OCH3 is 1. The summed E-state index contributed by atoms with van der Waals surface area (Å²) in [6.07, 6.45) is 0. The van der Waals surface area contributed by atoms with E-state index in [9.17, 15) is 8.42 Å². The molecule has 0 unspecified atom stereocenters. The molecule has 26 heavy (non-hydrogen) atoms. The summed E-state index contributed by atoms with van der Waals surface area (Å²) in [5.41, 5.74) is 4.46. The number of hydrogen-bond donors (Lipinski definition) is 1. The van der Waals surface area contributed by atoms with Gasteiger partial charge in [0.15, 0.2) is 0 Å². The first-order chi connectivity index (χ1) is 12.4. The van der Waals surface area contributed by atoms with Gasteiger partial charge in [0.05, 0.1) is 12.0 Å². The van der Waals surface area contributed by atoms with Gasteiger partial charge in [0, 0.05) is 5.69 Å². The molecule has 0 radical (unpaired) electrons. The van der Waals surface area contributed by atoms with Gasteiger partial charge in [-0.1, -0.05) is 35.9 Å². The zero-order valence-electron chi connectivity index (χ0n) is 15.0. The molecular formula is C21H21NO3S. The van der Waals surface area contributed by atoms with Crippen LogP contribution in [0.3, 0.4) is 0 Å². The van der Waals surface area contributed by atoms with Crippen LogP contribution < -0.4 is 9.46 Å². The highest BCUT2D eigenvalue weighted by Gasteiger charge is 2.14. The summed E-state index contributed by atoms with van der Waals surface area (Å²) in [5.74, 6) is 0.779. The van der Waals surface area contributed by atoms with E-state index in [2.05, 4.69) is 4.72 Å². The van der Waals surface area contributed by atoms with Crippen molar-refractivity contribution in [1.82, 2.24) is 0 Å². The molecule has 0 heterocycles. The van der Waals surface area contributed by atoms with Gasteiger partial charge in [-0.25, -0.2) is 8.42 Å². The predicted octanol–water partition coefficient (Wildman–Crippen LogP) is 4.78. The van der Waals surface area contributed by atoms with Crippen molar-refractivity contribution >= 4 is 15.7 Å². The van der Waals surface area contributed by atoms with Gasteiger partial charge in [0.2, 0.25) is 0 Å². The zero-order valence-corrected chi connectivity index (χ0v) is 15.8. The second-order valence-electron chi connectivity index (χ2n) is 6.23. The van der Waals surface area contributed by atoms with Crippen molar-refractivity contribution in [2.75, 3.05) is 11.8 Å². The van der Waals surface area contributed by atoms with E-state index in [1.807, 2.05) is 56.3 Å². The molecule has 5 heteroatoms. The second-order valence-corrected chi connectivity index (χ2v) is 7.92. The number of ether oxygens (including phenoxy) is 1. The number of nitrogens with one attached hydrogen (secondary N) is 1. The molecule has 0 atom stereocenters. The van der Waals surface area contributed by atoms with Gasteiger partial charge in [-0.05, 0) is 66.9 Å². The molecule has 134 valence electrons.